The predicted octanol–water partition coefficient (Wildman–Crippen LogP) is 1.40. The molecule has 0 spiro atoms. The van der Waals surface area contributed by atoms with Gasteiger partial charge in [0.2, 0.25) is 0 Å². The fourth-order valence-electron chi connectivity index (χ4n) is 1.48. The molecule has 0 unspecified atom stereocenters. The third-order valence-electron chi connectivity index (χ3n) is 2.68. The van der Waals surface area contributed by atoms with Crippen LogP contribution in [0.3, 0.4) is 0 Å². The molecule has 0 atom stereocenters. The summed E-state index contributed by atoms with van der Waals surface area (Å²) in [4.78, 5) is 18.4. The zero-order chi connectivity index (χ0) is 12.8. The summed E-state index contributed by atoms with van der Waals surface area (Å²) in [5, 5.41) is 11.8. The van der Waals surface area contributed by atoms with Crippen molar-refractivity contribution in [2.75, 3.05) is 25.1 Å². The molecule has 2 rings (SSSR count). The van der Waals surface area contributed by atoms with Crippen LogP contribution >= 0.6 is 0 Å². The minimum Gasteiger partial charge on any atom is -0.476 e. The van der Waals surface area contributed by atoms with Crippen LogP contribution in [0.25, 0.3) is 0 Å². The lowest BCUT2D eigenvalue weighted by Gasteiger charge is -2.06. The number of rotatable bonds is 8. The summed E-state index contributed by atoms with van der Waals surface area (Å²) in [6.07, 6.45) is 6.21. The Labute approximate surface area is 105 Å². The Balaban J connectivity index is 1.62. The summed E-state index contributed by atoms with van der Waals surface area (Å²) in [5.41, 5.74) is -0.0509. The molecule has 0 bridgehead atoms. The maximum Gasteiger partial charge on any atom is 0.356 e. The van der Waals surface area contributed by atoms with E-state index < -0.39 is 5.97 Å². The van der Waals surface area contributed by atoms with E-state index in [9.17, 15) is 4.79 Å². The topological polar surface area (TPSA) is 84.3 Å². The van der Waals surface area contributed by atoms with Gasteiger partial charge in [0.05, 0.1) is 12.4 Å². The van der Waals surface area contributed by atoms with E-state index in [1.807, 2.05) is 0 Å². The summed E-state index contributed by atoms with van der Waals surface area (Å²) in [6.45, 7) is 2.28. The average molecular weight is 251 g/mol. The monoisotopic (exact) mass is 251 g/mol. The normalized spacial score (nSPS) is 14.4. The number of hydrogen-bond acceptors (Lipinski definition) is 5. The molecule has 1 aromatic heterocycles. The summed E-state index contributed by atoms with van der Waals surface area (Å²) in [5.74, 6) is 0.201. The molecule has 1 aliphatic rings. The van der Waals surface area contributed by atoms with Crippen molar-refractivity contribution < 1.29 is 14.6 Å². The molecule has 18 heavy (non-hydrogen) atoms. The van der Waals surface area contributed by atoms with Gasteiger partial charge < -0.3 is 15.2 Å². The summed E-state index contributed by atoms with van der Waals surface area (Å²) in [6, 6.07) is 0. The number of aromatic nitrogens is 2. The average Bonchev–Trinajstić information content (AvgIpc) is 3.18. The van der Waals surface area contributed by atoms with Crippen LogP contribution in [0.4, 0.5) is 5.82 Å². The Bertz CT molecular complexity index is 407. The van der Waals surface area contributed by atoms with Gasteiger partial charge in [0.25, 0.3) is 0 Å². The molecule has 6 nitrogen and oxygen atoms in total. The van der Waals surface area contributed by atoms with E-state index in [0.717, 1.165) is 25.6 Å². The zero-order valence-corrected chi connectivity index (χ0v) is 10.1. The number of nitrogens with zero attached hydrogens (tertiary/aromatic N) is 2. The number of aromatic carboxylic acids is 1. The quantitative estimate of drug-likeness (QED) is 0.679. The van der Waals surface area contributed by atoms with Crippen molar-refractivity contribution in [2.45, 2.75) is 19.3 Å². The minimum absolute atomic E-state index is 0.0509. The van der Waals surface area contributed by atoms with Crippen molar-refractivity contribution >= 4 is 11.8 Å². The summed E-state index contributed by atoms with van der Waals surface area (Å²) < 4.78 is 5.49. The smallest absolute Gasteiger partial charge is 0.356 e. The van der Waals surface area contributed by atoms with Gasteiger partial charge in [-0.25, -0.2) is 9.78 Å². The van der Waals surface area contributed by atoms with Crippen LogP contribution in [0.5, 0.6) is 0 Å². The SMILES string of the molecule is O=C(O)c1cncc(NCCCOCC2CC2)n1. The van der Waals surface area contributed by atoms with E-state index in [1.165, 1.54) is 25.2 Å². The van der Waals surface area contributed by atoms with Crippen LogP contribution in [0.15, 0.2) is 12.4 Å². The first-order valence-corrected chi connectivity index (χ1v) is 6.12. The van der Waals surface area contributed by atoms with Gasteiger partial charge in [-0.15, -0.1) is 0 Å². The molecule has 1 heterocycles. The van der Waals surface area contributed by atoms with E-state index >= 15 is 0 Å². The Kier molecular flexibility index (Phi) is 4.46. The van der Waals surface area contributed by atoms with E-state index in [1.54, 1.807) is 0 Å². The van der Waals surface area contributed by atoms with Gasteiger partial charge in [-0.2, -0.15) is 0 Å². The molecule has 0 aromatic carbocycles. The Morgan fingerprint density at radius 3 is 3.06 bits per heavy atom. The first-order chi connectivity index (χ1) is 8.75. The molecule has 1 aromatic rings. The Morgan fingerprint density at radius 2 is 2.33 bits per heavy atom. The van der Waals surface area contributed by atoms with Crippen LogP contribution in [0, 0.1) is 5.92 Å². The molecule has 6 heteroatoms. The minimum atomic E-state index is -1.07. The van der Waals surface area contributed by atoms with Gasteiger partial charge in [-0.05, 0) is 25.2 Å². The number of hydrogen-bond donors (Lipinski definition) is 2. The maximum absolute atomic E-state index is 10.7. The molecule has 0 aliphatic heterocycles. The van der Waals surface area contributed by atoms with Crippen LogP contribution in [-0.2, 0) is 4.74 Å². The number of ether oxygens (including phenoxy) is 1. The molecule has 0 amide bonds. The molecule has 0 saturated heterocycles. The van der Waals surface area contributed by atoms with E-state index in [2.05, 4.69) is 15.3 Å². The first kappa shape index (κ1) is 12.8. The third kappa shape index (κ3) is 4.29. The molecule has 2 N–H and O–H groups in total. The zero-order valence-electron chi connectivity index (χ0n) is 10.1. The highest BCUT2D eigenvalue weighted by Gasteiger charge is 2.20. The van der Waals surface area contributed by atoms with E-state index in [0.29, 0.717) is 12.4 Å². The predicted molar refractivity (Wildman–Crippen MR) is 65.6 cm³/mol. The standard InChI is InChI=1S/C12H17N3O3/c16-12(17)10-6-13-7-11(15-10)14-4-1-5-18-8-9-2-3-9/h6-7,9H,1-5,8H2,(H,14,15)(H,16,17). The maximum atomic E-state index is 10.7. The largest absolute Gasteiger partial charge is 0.476 e. The lowest BCUT2D eigenvalue weighted by molar-refractivity contribution is 0.0690. The molecule has 1 saturated carbocycles. The lowest BCUT2D eigenvalue weighted by Crippen LogP contribution is -2.10. The highest BCUT2D eigenvalue weighted by atomic mass is 16.5. The molecular weight excluding hydrogens is 234 g/mol. The van der Waals surface area contributed by atoms with Gasteiger partial charge in [-0.1, -0.05) is 0 Å². The lowest BCUT2D eigenvalue weighted by atomic mass is 10.4. The summed E-state index contributed by atoms with van der Waals surface area (Å²) >= 11 is 0. The second-order valence-electron chi connectivity index (χ2n) is 4.39. The second-order valence-corrected chi connectivity index (χ2v) is 4.39. The van der Waals surface area contributed by atoms with Crippen molar-refractivity contribution in [3.05, 3.63) is 18.1 Å². The second kappa shape index (κ2) is 6.30. The fraction of sp³-hybridized carbons (Fsp3) is 0.583. The molecular formula is C12H17N3O3. The van der Waals surface area contributed by atoms with Crippen molar-refractivity contribution in [1.29, 1.82) is 0 Å². The number of nitrogens with one attached hydrogen (secondary N) is 1. The van der Waals surface area contributed by atoms with Gasteiger partial charge in [0.1, 0.15) is 5.82 Å². The van der Waals surface area contributed by atoms with Crippen molar-refractivity contribution in [1.82, 2.24) is 9.97 Å². The molecule has 0 radical (unpaired) electrons. The van der Waals surface area contributed by atoms with Crippen molar-refractivity contribution in [3.8, 4) is 0 Å². The highest BCUT2D eigenvalue weighted by Crippen LogP contribution is 2.28. The molecule has 98 valence electrons. The number of carboxylic acid groups (broad SMARTS) is 1. The highest BCUT2D eigenvalue weighted by molar-refractivity contribution is 5.85. The number of carboxylic acids is 1. The number of carbonyl (C=O) groups is 1. The van der Waals surface area contributed by atoms with Gasteiger partial charge in [-0.3, -0.25) is 4.98 Å². The van der Waals surface area contributed by atoms with Crippen LogP contribution in [0.1, 0.15) is 29.8 Å². The van der Waals surface area contributed by atoms with Gasteiger partial charge >= 0.3 is 5.97 Å². The summed E-state index contributed by atoms with van der Waals surface area (Å²) in [7, 11) is 0. The van der Waals surface area contributed by atoms with Crippen LogP contribution < -0.4 is 5.32 Å². The fourth-order valence-corrected chi connectivity index (χ4v) is 1.48. The van der Waals surface area contributed by atoms with E-state index in [4.69, 9.17) is 9.84 Å². The molecule has 1 fully saturated rings. The van der Waals surface area contributed by atoms with Crippen LogP contribution in [-0.4, -0.2) is 40.8 Å². The van der Waals surface area contributed by atoms with Crippen molar-refractivity contribution in [3.63, 3.8) is 0 Å². The van der Waals surface area contributed by atoms with E-state index in [-0.39, 0.29) is 5.69 Å². The third-order valence-corrected chi connectivity index (χ3v) is 2.68. The Hall–Kier alpha value is -1.69. The van der Waals surface area contributed by atoms with Crippen molar-refractivity contribution in [2.24, 2.45) is 5.92 Å². The van der Waals surface area contributed by atoms with Gasteiger partial charge in [0, 0.05) is 19.8 Å². The Morgan fingerprint density at radius 1 is 1.50 bits per heavy atom. The van der Waals surface area contributed by atoms with Crippen LogP contribution in [0.2, 0.25) is 0 Å². The number of anilines is 1. The first-order valence-electron chi connectivity index (χ1n) is 6.12. The van der Waals surface area contributed by atoms with Gasteiger partial charge in [0.15, 0.2) is 5.69 Å². The molecule has 1 aliphatic carbocycles.